The molecule has 9 heavy (non-hydrogen) atoms. The second-order valence-electron chi connectivity index (χ2n) is 1.66. The van der Waals surface area contributed by atoms with Crippen LogP contribution in [0.15, 0.2) is 17.3 Å². The molecule has 0 aromatic rings. The van der Waals surface area contributed by atoms with Gasteiger partial charge in [0.25, 0.3) is 0 Å². The van der Waals surface area contributed by atoms with Crippen LogP contribution in [0.1, 0.15) is 19.8 Å². The molecule has 0 saturated heterocycles. The van der Waals surface area contributed by atoms with Gasteiger partial charge in [0.05, 0.1) is 6.26 Å². The molecule has 0 bridgehead atoms. The summed E-state index contributed by atoms with van der Waals surface area (Å²) in [5.74, 6) is 0. The number of hydrogen-bond acceptors (Lipinski definition) is 2. The third-order valence-corrected chi connectivity index (χ3v) is 0.796. The summed E-state index contributed by atoms with van der Waals surface area (Å²) in [5, 5.41) is 0. The monoisotopic (exact) mass is 127 g/mol. The average Bonchev–Trinajstić information content (AvgIpc) is 1.89. The van der Waals surface area contributed by atoms with Gasteiger partial charge >= 0.3 is 0 Å². The van der Waals surface area contributed by atoms with Crippen molar-refractivity contribution in [3.05, 3.63) is 12.3 Å². The largest absolute Gasteiger partial charge is 0.454 e. The minimum Gasteiger partial charge on any atom is -0.454 e. The normalized spacial score (nSPS) is 11.3. The maximum absolute atomic E-state index is 4.81. The quantitative estimate of drug-likeness (QED) is 0.321. The molecular weight excluding hydrogens is 114 g/mol. The summed E-state index contributed by atoms with van der Waals surface area (Å²) in [7, 11) is 1.67. The number of hydrogen-bond donors (Lipinski definition) is 0. The van der Waals surface area contributed by atoms with E-state index in [-0.39, 0.29) is 0 Å². The van der Waals surface area contributed by atoms with Crippen molar-refractivity contribution in [1.29, 1.82) is 0 Å². The number of allylic oxidation sites excluding steroid dienone is 1. The summed E-state index contributed by atoms with van der Waals surface area (Å²) in [5.41, 5.74) is 0. The summed E-state index contributed by atoms with van der Waals surface area (Å²) < 4.78 is 4.81. The third kappa shape index (κ3) is 7.21. The highest BCUT2D eigenvalue weighted by atomic mass is 16.5. The Balaban J connectivity index is 3.04. The second kappa shape index (κ2) is 7.21. The first-order valence-corrected chi connectivity index (χ1v) is 3.13. The summed E-state index contributed by atoms with van der Waals surface area (Å²) in [6, 6.07) is 0. The van der Waals surface area contributed by atoms with Crippen molar-refractivity contribution in [3.63, 3.8) is 0 Å². The Morgan fingerprint density at radius 3 is 2.89 bits per heavy atom. The summed E-state index contributed by atoms with van der Waals surface area (Å²) >= 11 is 0. The van der Waals surface area contributed by atoms with Crippen molar-refractivity contribution in [3.8, 4) is 0 Å². The second-order valence-corrected chi connectivity index (χ2v) is 1.66. The number of aliphatic imine (C=N–C) groups is 1. The van der Waals surface area contributed by atoms with Crippen molar-refractivity contribution >= 4 is 6.40 Å². The van der Waals surface area contributed by atoms with E-state index in [1.807, 2.05) is 6.08 Å². The van der Waals surface area contributed by atoms with E-state index in [0.29, 0.717) is 0 Å². The van der Waals surface area contributed by atoms with Crippen LogP contribution in [0.25, 0.3) is 0 Å². The van der Waals surface area contributed by atoms with Crippen LogP contribution in [0.2, 0.25) is 0 Å². The lowest BCUT2D eigenvalue weighted by Crippen LogP contribution is -1.73. The Bertz CT molecular complexity index is 97.1. The number of rotatable bonds is 4. The van der Waals surface area contributed by atoms with Crippen LogP contribution < -0.4 is 0 Å². The van der Waals surface area contributed by atoms with Gasteiger partial charge in [-0.2, -0.15) is 0 Å². The van der Waals surface area contributed by atoms with E-state index < -0.39 is 0 Å². The molecular formula is C7H13NO. The van der Waals surface area contributed by atoms with Crippen molar-refractivity contribution < 1.29 is 4.74 Å². The lowest BCUT2D eigenvalue weighted by Gasteiger charge is -1.85. The van der Waals surface area contributed by atoms with Crippen LogP contribution in [0.4, 0.5) is 0 Å². The van der Waals surface area contributed by atoms with E-state index in [4.69, 9.17) is 4.74 Å². The van der Waals surface area contributed by atoms with Gasteiger partial charge in [-0.1, -0.05) is 13.3 Å². The summed E-state index contributed by atoms with van der Waals surface area (Å²) in [6.07, 6.45) is 7.25. The molecule has 0 aliphatic rings. The van der Waals surface area contributed by atoms with Gasteiger partial charge in [-0.15, -0.1) is 0 Å². The molecule has 0 fully saturated rings. The van der Waals surface area contributed by atoms with Gasteiger partial charge in [0.15, 0.2) is 6.40 Å². The molecule has 0 N–H and O–H groups in total. The molecule has 0 aliphatic carbocycles. The lowest BCUT2D eigenvalue weighted by molar-refractivity contribution is 0.490. The molecule has 0 heterocycles. The molecule has 0 aliphatic heterocycles. The predicted octanol–water partition coefficient (Wildman–Crippen LogP) is 1.97. The predicted molar refractivity (Wildman–Crippen MR) is 39.5 cm³/mol. The first-order chi connectivity index (χ1) is 4.41. The first kappa shape index (κ1) is 8.21. The van der Waals surface area contributed by atoms with Gasteiger partial charge in [0.2, 0.25) is 0 Å². The van der Waals surface area contributed by atoms with E-state index in [0.717, 1.165) is 12.8 Å². The van der Waals surface area contributed by atoms with Crippen LogP contribution in [0, 0.1) is 0 Å². The summed E-state index contributed by atoms with van der Waals surface area (Å²) in [6.45, 7) is 2.12. The molecule has 0 rings (SSSR count). The average molecular weight is 127 g/mol. The minimum atomic E-state index is 1.07. The Kier molecular flexibility index (Phi) is 6.58. The SMILES string of the molecule is CCCC=COC=NC. The number of unbranched alkanes of at least 4 members (excludes halogenated alkanes) is 1. The standard InChI is InChI=1S/C7H13NO/c1-3-4-5-6-9-7-8-2/h5-7H,3-4H2,1-2H3. The molecule has 52 valence electrons. The van der Waals surface area contributed by atoms with Gasteiger partial charge in [-0.3, -0.25) is 4.99 Å². The fourth-order valence-corrected chi connectivity index (χ4v) is 0.386. The zero-order valence-electron chi connectivity index (χ0n) is 6.00. The molecule has 0 atom stereocenters. The van der Waals surface area contributed by atoms with Crippen molar-refractivity contribution in [2.24, 2.45) is 4.99 Å². The van der Waals surface area contributed by atoms with Gasteiger partial charge in [0, 0.05) is 7.05 Å². The Labute approximate surface area is 56.2 Å². The molecule has 0 aromatic carbocycles. The maximum Gasteiger partial charge on any atom is 0.175 e. The molecule has 0 spiro atoms. The Hall–Kier alpha value is -0.790. The molecule has 0 amide bonds. The smallest absolute Gasteiger partial charge is 0.175 e. The zero-order chi connectivity index (χ0) is 6.95. The van der Waals surface area contributed by atoms with Gasteiger partial charge in [-0.05, 0) is 12.5 Å². The van der Waals surface area contributed by atoms with Crippen LogP contribution in [-0.4, -0.2) is 13.4 Å². The Morgan fingerprint density at radius 1 is 1.56 bits per heavy atom. The number of ether oxygens (including phenoxy) is 1. The van der Waals surface area contributed by atoms with Crippen LogP contribution >= 0.6 is 0 Å². The Morgan fingerprint density at radius 2 is 2.33 bits per heavy atom. The molecule has 0 unspecified atom stereocenters. The van der Waals surface area contributed by atoms with E-state index in [1.165, 1.54) is 6.40 Å². The van der Waals surface area contributed by atoms with Crippen molar-refractivity contribution in [1.82, 2.24) is 0 Å². The van der Waals surface area contributed by atoms with E-state index in [2.05, 4.69) is 11.9 Å². The van der Waals surface area contributed by atoms with Crippen LogP contribution in [0.5, 0.6) is 0 Å². The summed E-state index contributed by atoms with van der Waals surface area (Å²) in [4.78, 5) is 3.63. The van der Waals surface area contributed by atoms with E-state index in [9.17, 15) is 0 Å². The molecule has 2 nitrogen and oxygen atoms in total. The van der Waals surface area contributed by atoms with Crippen molar-refractivity contribution in [2.75, 3.05) is 7.05 Å². The molecule has 2 heteroatoms. The lowest BCUT2D eigenvalue weighted by atomic mass is 10.3. The van der Waals surface area contributed by atoms with E-state index >= 15 is 0 Å². The van der Waals surface area contributed by atoms with Gasteiger partial charge in [0.1, 0.15) is 0 Å². The fourth-order valence-electron chi connectivity index (χ4n) is 0.386. The molecule has 0 radical (unpaired) electrons. The highest BCUT2D eigenvalue weighted by molar-refractivity contribution is 5.46. The van der Waals surface area contributed by atoms with Gasteiger partial charge in [-0.25, -0.2) is 0 Å². The van der Waals surface area contributed by atoms with Gasteiger partial charge < -0.3 is 4.74 Å². The van der Waals surface area contributed by atoms with Crippen LogP contribution in [0.3, 0.4) is 0 Å². The third-order valence-electron chi connectivity index (χ3n) is 0.796. The van der Waals surface area contributed by atoms with E-state index in [1.54, 1.807) is 13.3 Å². The molecule has 0 aromatic heterocycles. The highest BCUT2D eigenvalue weighted by Crippen LogP contribution is 1.87. The highest BCUT2D eigenvalue weighted by Gasteiger charge is 1.70. The fraction of sp³-hybridized carbons (Fsp3) is 0.571. The van der Waals surface area contributed by atoms with Crippen LogP contribution in [-0.2, 0) is 4.74 Å². The molecule has 0 saturated carbocycles. The number of nitrogens with zero attached hydrogens (tertiary/aromatic N) is 1. The maximum atomic E-state index is 4.81. The first-order valence-electron chi connectivity index (χ1n) is 3.13. The zero-order valence-corrected chi connectivity index (χ0v) is 6.00. The van der Waals surface area contributed by atoms with Crippen molar-refractivity contribution in [2.45, 2.75) is 19.8 Å². The minimum absolute atomic E-state index is 1.07. The topological polar surface area (TPSA) is 21.6 Å².